The van der Waals surface area contributed by atoms with Crippen molar-refractivity contribution in [3.05, 3.63) is 29.8 Å². The minimum absolute atomic E-state index is 0.0467. The van der Waals surface area contributed by atoms with Crippen LogP contribution in [0.25, 0.3) is 0 Å². The second-order valence-corrected chi connectivity index (χ2v) is 4.64. The maximum Gasteiger partial charge on any atom is 0.317 e. The van der Waals surface area contributed by atoms with Gasteiger partial charge in [0, 0.05) is 31.9 Å². The molecule has 0 radical (unpaired) electrons. The van der Waals surface area contributed by atoms with Crippen LogP contribution in [-0.2, 0) is 0 Å². The summed E-state index contributed by atoms with van der Waals surface area (Å²) in [5, 5.41) is 11.8. The number of benzene rings is 1. The number of anilines is 1. The topological polar surface area (TPSA) is 59.4 Å². The lowest BCUT2D eigenvalue weighted by Crippen LogP contribution is -2.52. The first-order valence-electron chi connectivity index (χ1n) is 6.07. The lowest BCUT2D eigenvalue weighted by Gasteiger charge is -2.37. The number of carbonyl (C=O) groups excluding carboxylic acids is 1. The van der Waals surface area contributed by atoms with Crippen LogP contribution in [0.2, 0.25) is 0 Å². The van der Waals surface area contributed by atoms with Gasteiger partial charge in [0.05, 0.1) is 17.7 Å². The molecule has 92 valence electrons. The molecule has 0 saturated carbocycles. The molecule has 1 aromatic carbocycles. The fraction of sp³-hybridized carbons (Fsp3) is 0.385. The number of nitriles is 1. The number of piperazine rings is 1. The summed E-state index contributed by atoms with van der Waals surface area (Å²) in [5.41, 5.74) is 1.74. The summed E-state index contributed by atoms with van der Waals surface area (Å²) in [6, 6.07) is 10.1. The number of nitrogens with zero attached hydrogens (tertiary/aromatic N) is 3. The predicted molar refractivity (Wildman–Crippen MR) is 67.3 cm³/mol. The number of fused-ring (bicyclic) bond motifs is 1. The standard InChI is InChI=1S/C13H14N4O/c14-7-10-2-1-3-11(6-10)16-4-5-17-12(9-16)8-15-13(17)18/h1-3,6,12H,4-5,8-9H2,(H,15,18). The molecule has 1 unspecified atom stereocenters. The lowest BCUT2D eigenvalue weighted by atomic mass is 10.1. The molecule has 2 aliphatic heterocycles. The summed E-state index contributed by atoms with van der Waals surface area (Å²) < 4.78 is 0. The fourth-order valence-electron chi connectivity index (χ4n) is 2.61. The van der Waals surface area contributed by atoms with Gasteiger partial charge in [0.2, 0.25) is 0 Å². The molecule has 0 aliphatic carbocycles. The van der Waals surface area contributed by atoms with E-state index in [4.69, 9.17) is 5.26 Å². The van der Waals surface area contributed by atoms with Gasteiger partial charge in [-0.2, -0.15) is 5.26 Å². The fourth-order valence-corrected chi connectivity index (χ4v) is 2.61. The number of hydrogen-bond acceptors (Lipinski definition) is 3. The molecule has 2 amide bonds. The van der Waals surface area contributed by atoms with Crippen molar-refractivity contribution in [2.75, 3.05) is 31.1 Å². The van der Waals surface area contributed by atoms with Gasteiger partial charge in [-0.3, -0.25) is 0 Å². The third-order valence-corrected chi connectivity index (χ3v) is 3.57. The van der Waals surface area contributed by atoms with Crippen LogP contribution in [-0.4, -0.2) is 43.2 Å². The van der Waals surface area contributed by atoms with Crippen LogP contribution >= 0.6 is 0 Å². The molecule has 0 spiro atoms. The molecule has 2 aliphatic rings. The third kappa shape index (κ3) is 1.76. The van der Waals surface area contributed by atoms with Crippen molar-refractivity contribution in [1.29, 1.82) is 5.26 Å². The molecule has 18 heavy (non-hydrogen) atoms. The van der Waals surface area contributed by atoms with Crippen molar-refractivity contribution in [3.8, 4) is 6.07 Å². The number of carbonyl (C=O) groups is 1. The second-order valence-electron chi connectivity index (χ2n) is 4.64. The van der Waals surface area contributed by atoms with Crippen LogP contribution in [0.1, 0.15) is 5.56 Å². The van der Waals surface area contributed by atoms with E-state index in [0.717, 1.165) is 25.3 Å². The number of hydrogen-bond donors (Lipinski definition) is 1. The third-order valence-electron chi connectivity index (χ3n) is 3.57. The smallest absolute Gasteiger partial charge is 0.317 e. The van der Waals surface area contributed by atoms with Gasteiger partial charge in [0.25, 0.3) is 0 Å². The van der Waals surface area contributed by atoms with E-state index < -0.39 is 0 Å². The van der Waals surface area contributed by atoms with E-state index in [2.05, 4.69) is 16.3 Å². The van der Waals surface area contributed by atoms with Crippen LogP contribution in [0.3, 0.4) is 0 Å². The normalized spacial score (nSPS) is 22.4. The highest BCUT2D eigenvalue weighted by Gasteiger charge is 2.35. The van der Waals surface area contributed by atoms with Crippen LogP contribution in [0.5, 0.6) is 0 Å². The molecule has 1 aromatic rings. The average Bonchev–Trinajstić information content (AvgIpc) is 2.80. The van der Waals surface area contributed by atoms with Gasteiger partial charge in [0.1, 0.15) is 0 Å². The van der Waals surface area contributed by atoms with E-state index in [9.17, 15) is 4.79 Å². The Labute approximate surface area is 106 Å². The number of rotatable bonds is 1. The molecule has 2 heterocycles. The Hall–Kier alpha value is -2.22. The summed E-state index contributed by atoms with van der Waals surface area (Å²) in [7, 11) is 0. The summed E-state index contributed by atoms with van der Waals surface area (Å²) in [5.74, 6) is 0. The highest BCUT2D eigenvalue weighted by Crippen LogP contribution is 2.21. The number of amides is 2. The van der Waals surface area contributed by atoms with Crippen LogP contribution in [0, 0.1) is 11.3 Å². The Morgan fingerprint density at radius 1 is 1.39 bits per heavy atom. The molecule has 0 aromatic heterocycles. The molecule has 1 atom stereocenters. The van der Waals surface area contributed by atoms with Crippen LogP contribution in [0.15, 0.2) is 24.3 Å². The van der Waals surface area contributed by atoms with Crippen molar-refractivity contribution < 1.29 is 4.79 Å². The van der Waals surface area contributed by atoms with Crippen molar-refractivity contribution in [2.24, 2.45) is 0 Å². The average molecular weight is 242 g/mol. The van der Waals surface area contributed by atoms with Crippen LogP contribution in [0.4, 0.5) is 10.5 Å². The highest BCUT2D eigenvalue weighted by molar-refractivity contribution is 5.77. The van der Waals surface area contributed by atoms with E-state index in [0.29, 0.717) is 12.1 Å². The first-order valence-corrected chi connectivity index (χ1v) is 6.07. The molecular weight excluding hydrogens is 228 g/mol. The summed E-state index contributed by atoms with van der Waals surface area (Å²) in [6.45, 7) is 3.10. The van der Waals surface area contributed by atoms with E-state index in [1.54, 1.807) is 6.07 Å². The second kappa shape index (κ2) is 4.22. The number of nitrogens with one attached hydrogen (secondary N) is 1. The van der Waals surface area contributed by atoms with Gasteiger partial charge in [-0.1, -0.05) is 6.07 Å². The Bertz CT molecular complexity index is 522. The maximum atomic E-state index is 11.5. The molecule has 2 saturated heterocycles. The summed E-state index contributed by atoms with van der Waals surface area (Å²) in [4.78, 5) is 15.6. The SMILES string of the molecule is N#Cc1cccc(N2CCN3C(=O)NCC3C2)c1. The zero-order chi connectivity index (χ0) is 12.5. The Kier molecular flexibility index (Phi) is 2.56. The molecular formula is C13H14N4O. The summed E-state index contributed by atoms with van der Waals surface area (Å²) in [6.07, 6.45) is 0. The van der Waals surface area contributed by atoms with Crippen molar-refractivity contribution >= 4 is 11.7 Å². The van der Waals surface area contributed by atoms with Crippen LogP contribution < -0.4 is 10.2 Å². The molecule has 0 bridgehead atoms. The van der Waals surface area contributed by atoms with Gasteiger partial charge in [0.15, 0.2) is 0 Å². The maximum absolute atomic E-state index is 11.5. The molecule has 1 N–H and O–H groups in total. The molecule has 5 heteroatoms. The van der Waals surface area contributed by atoms with Gasteiger partial charge in [-0.05, 0) is 18.2 Å². The van der Waals surface area contributed by atoms with Gasteiger partial charge < -0.3 is 15.1 Å². The van der Waals surface area contributed by atoms with E-state index in [1.807, 2.05) is 23.1 Å². The van der Waals surface area contributed by atoms with E-state index in [-0.39, 0.29) is 12.1 Å². The highest BCUT2D eigenvalue weighted by atomic mass is 16.2. The predicted octanol–water partition coefficient (Wildman–Crippen LogP) is 0.772. The monoisotopic (exact) mass is 242 g/mol. The minimum Gasteiger partial charge on any atom is -0.368 e. The van der Waals surface area contributed by atoms with Crippen molar-refractivity contribution in [3.63, 3.8) is 0 Å². The Morgan fingerprint density at radius 3 is 3.11 bits per heavy atom. The first kappa shape index (κ1) is 10.9. The molecule has 2 fully saturated rings. The largest absolute Gasteiger partial charge is 0.368 e. The molecule has 5 nitrogen and oxygen atoms in total. The van der Waals surface area contributed by atoms with Gasteiger partial charge >= 0.3 is 6.03 Å². The summed E-state index contributed by atoms with van der Waals surface area (Å²) >= 11 is 0. The minimum atomic E-state index is 0.0467. The number of urea groups is 1. The van der Waals surface area contributed by atoms with Crippen molar-refractivity contribution in [2.45, 2.75) is 6.04 Å². The zero-order valence-corrected chi connectivity index (χ0v) is 9.97. The van der Waals surface area contributed by atoms with Crippen molar-refractivity contribution in [1.82, 2.24) is 10.2 Å². The first-order chi connectivity index (χ1) is 8.78. The van der Waals surface area contributed by atoms with E-state index in [1.165, 1.54) is 0 Å². The van der Waals surface area contributed by atoms with Gasteiger partial charge in [-0.25, -0.2) is 4.79 Å². The zero-order valence-electron chi connectivity index (χ0n) is 9.97. The lowest BCUT2D eigenvalue weighted by molar-refractivity contribution is 0.197. The Morgan fingerprint density at radius 2 is 2.28 bits per heavy atom. The molecule has 3 rings (SSSR count). The Balaban J connectivity index is 1.78. The quantitative estimate of drug-likeness (QED) is 0.791. The van der Waals surface area contributed by atoms with E-state index >= 15 is 0 Å². The van der Waals surface area contributed by atoms with Gasteiger partial charge in [-0.15, -0.1) is 0 Å².